The molecule has 0 aliphatic rings. The molecular weight excluding hydrogens is 218 g/mol. The van der Waals surface area contributed by atoms with Crippen molar-refractivity contribution in [3.05, 3.63) is 28.2 Å². The van der Waals surface area contributed by atoms with E-state index < -0.39 is 32.3 Å². The molecular formula is C6H6F2N2O3S. The highest BCUT2D eigenvalue weighted by Crippen LogP contribution is 2.14. The maximum Gasteiger partial charge on any atom is 0.269 e. The summed E-state index contributed by atoms with van der Waals surface area (Å²) in [5.74, 6) is 0. The van der Waals surface area contributed by atoms with Gasteiger partial charge < -0.3 is 4.98 Å². The van der Waals surface area contributed by atoms with E-state index in [4.69, 9.17) is 0 Å². The van der Waals surface area contributed by atoms with Crippen LogP contribution in [-0.2, 0) is 10.0 Å². The molecule has 0 aromatic carbocycles. The average Bonchev–Trinajstić information content (AvgIpc) is 2.01. The van der Waals surface area contributed by atoms with E-state index in [2.05, 4.69) is 10.1 Å². The third-order valence-corrected chi connectivity index (χ3v) is 2.40. The lowest BCUT2D eigenvalue weighted by molar-refractivity contribution is 0.149. The molecule has 0 aliphatic carbocycles. The number of nitrogens with two attached hydrogens (primary N) is 1. The minimum atomic E-state index is -4.27. The Morgan fingerprint density at radius 1 is 1.36 bits per heavy atom. The van der Waals surface area contributed by atoms with Gasteiger partial charge in [-0.2, -0.15) is 0 Å². The Bertz CT molecular complexity index is 494. The lowest BCUT2D eigenvalue weighted by atomic mass is 10.3. The van der Waals surface area contributed by atoms with E-state index >= 15 is 0 Å². The highest BCUT2D eigenvalue weighted by Gasteiger charge is 2.19. The number of rotatable bonds is 2. The van der Waals surface area contributed by atoms with Gasteiger partial charge in [-0.25, -0.2) is 22.3 Å². The molecule has 1 aromatic rings. The zero-order valence-corrected chi connectivity index (χ0v) is 7.51. The molecule has 0 radical (unpaired) electrons. The normalized spacial score (nSPS) is 12.0. The Morgan fingerprint density at radius 2 is 1.93 bits per heavy atom. The highest BCUT2D eigenvalue weighted by atomic mass is 32.2. The number of alkyl halides is 2. The van der Waals surface area contributed by atoms with Gasteiger partial charge in [0.05, 0.1) is 5.56 Å². The molecule has 0 amide bonds. The summed E-state index contributed by atoms with van der Waals surface area (Å²) in [5.41, 5.74) is -2.20. The maximum atomic E-state index is 12.1. The molecule has 0 bridgehead atoms. The van der Waals surface area contributed by atoms with E-state index in [-0.39, 0.29) is 0 Å². The summed E-state index contributed by atoms with van der Waals surface area (Å²) in [7, 11) is -4.27. The molecule has 0 unspecified atom stereocenters. The second kappa shape index (κ2) is 3.46. The molecule has 1 heterocycles. The van der Waals surface area contributed by atoms with Gasteiger partial charge in [-0.05, 0) is 0 Å². The Balaban J connectivity index is 3.52. The fourth-order valence-electron chi connectivity index (χ4n) is 0.854. The minimum absolute atomic E-state index is 0.738. The Hall–Kier alpha value is -1.28. The summed E-state index contributed by atoms with van der Waals surface area (Å²) >= 11 is 0. The van der Waals surface area contributed by atoms with Crippen LogP contribution in [0, 0.1) is 0 Å². The van der Waals surface area contributed by atoms with E-state index in [0.717, 1.165) is 12.4 Å². The molecule has 0 fully saturated rings. The highest BCUT2D eigenvalue weighted by molar-refractivity contribution is 7.89. The van der Waals surface area contributed by atoms with Crippen LogP contribution in [0.3, 0.4) is 0 Å². The average molecular weight is 224 g/mol. The molecule has 0 saturated carbocycles. The van der Waals surface area contributed by atoms with Crippen LogP contribution in [0.25, 0.3) is 0 Å². The van der Waals surface area contributed by atoms with Gasteiger partial charge in [0.15, 0.2) is 0 Å². The predicted octanol–water partition coefficient (Wildman–Crippen LogP) is -0.0401. The molecule has 78 valence electrons. The Morgan fingerprint density at radius 3 is 2.36 bits per heavy atom. The Kier molecular flexibility index (Phi) is 2.67. The fourth-order valence-corrected chi connectivity index (χ4v) is 1.46. The molecule has 0 aliphatic heterocycles. The largest absolute Gasteiger partial charge is 0.366 e. The van der Waals surface area contributed by atoms with Crippen molar-refractivity contribution in [1.82, 2.24) is 4.98 Å². The first-order chi connectivity index (χ1) is 6.34. The maximum absolute atomic E-state index is 12.1. The summed E-state index contributed by atoms with van der Waals surface area (Å²) in [6.45, 7) is 0. The fraction of sp³-hybridized carbons (Fsp3) is 0.167. The van der Waals surface area contributed by atoms with Crippen LogP contribution in [0.1, 0.15) is 12.0 Å². The first kappa shape index (κ1) is 10.8. The van der Waals surface area contributed by atoms with Crippen molar-refractivity contribution in [1.29, 1.82) is 0 Å². The molecule has 0 spiro atoms. The van der Waals surface area contributed by atoms with Crippen molar-refractivity contribution >= 4 is 10.0 Å². The van der Waals surface area contributed by atoms with Gasteiger partial charge in [-0.1, -0.05) is 0 Å². The molecule has 1 aromatic heterocycles. The summed E-state index contributed by atoms with van der Waals surface area (Å²) in [4.78, 5) is 12.4. The van der Waals surface area contributed by atoms with Gasteiger partial charge in [0.1, 0.15) is 4.90 Å². The van der Waals surface area contributed by atoms with Gasteiger partial charge in [-0.15, -0.1) is 0 Å². The van der Waals surface area contributed by atoms with Gasteiger partial charge in [0.25, 0.3) is 6.43 Å². The van der Waals surface area contributed by atoms with Gasteiger partial charge >= 0.3 is 0 Å². The van der Waals surface area contributed by atoms with Crippen LogP contribution in [0.4, 0.5) is 8.78 Å². The van der Waals surface area contributed by atoms with E-state index in [9.17, 15) is 22.0 Å². The van der Waals surface area contributed by atoms with E-state index in [1.807, 2.05) is 0 Å². The first-order valence-corrected chi connectivity index (χ1v) is 4.90. The predicted molar refractivity (Wildman–Crippen MR) is 43.4 cm³/mol. The number of primary sulfonamides is 1. The second-order valence-corrected chi connectivity index (χ2v) is 3.98. The molecule has 3 N–H and O–H groups in total. The molecule has 5 nitrogen and oxygen atoms in total. The topological polar surface area (TPSA) is 93.0 Å². The summed E-state index contributed by atoms with van der Waals surface area (Å²) in [5, 5.41) is 4.63. The number of aromatic amines is 1. The van der Waals surface area contributed by atoms with Gasteiger partial charge in [0, 0.05) is 12.4 Å². The van der Waals surface area contributed by atoms with Crippen molar-refractivity contribution in [2.45, 2.75) is 11.3 Å². The molecule has 8 heteroatoms. The number of hydrogen-bond acceptors (Lipinski definition) is 3. The minimum Gasteiger partial charge on any atom is -0.366 e. The zero-order chi connectivity index (χ0) is 10.9. The number of hydrogen-bond donors (Lipinski definition) is 2. The van der Waals surface area contributed by atoms with Crippen LogP contribution in [0.15, 0.2) is 22.1 Å². The van der Waals surface area contributed by atoms with E-state index in [0.29, 0.717) is 0 Å². The third-order valence-electron chi connectivity index (χ3n) is 1.48. The van der Waals surface area contributed by atoms with Crippen LogP contribution >= 0.6 is 0 Å². The molecule has 0 saturated heterocycles. The summed E-state index contributed by atoms with van der Waals surface area (Å²) < 4.78 is 45.8. The van der Waals surface area contributed by atoms with Crippen LogP contribution in [0.5, 0.6) is 0 Å². The van der Waals surface area contributed by atoms with Crippen molar-refractivity contribution in [3.8, 4) is 0 Å². The number of halogens is 2. The number of sulfonamides is 1. The Labute approximate surface area is 77.6 Å². The summed E-state index contributed by atoms with van der Waals surface area (Å²) in [6, 6.07) is 0. The molecule has 14 heavy (non-hydrogen) atoms. The monoisotopic (exact) mass is 224 g/mol. The van der Waals surface area contributed by atoms with Crippen molar-refractivity contribution in [3.63, 3.8) is 0 Å². The summed E-state index contributed by atoms with van der Waals surface area (Å²) in [6.07, 6.45) is -1.54. The number of pyridine rings is 1. The van der Waals surface area contributed by atoms with Crippen LogP contribution in [-0.4, -0.2) is 13.4 Å². The third kappa shape index (κ3) is 1.96. The number of aromatic nitrogens is 1. The van der Waals surface area contributed by atoms with Crippen molar-refractivity contribution in [2.24, 2.45) is 5.14 Å². The molecule has 1 rings (SSSR count). The van der Waals surface area contributed by atoms with Gasteiger partial charge in [0.2, 0.25) is 15.5 Å². The number of H-pyrrole nitrogens is 1. The molecule has 0 atom stereocenters. The zero-order valence-electron chi connectivity index (χ0n) is 6.70. The van der Waals surface area contributed by atoms with E-state index in [1.165, 1.54) is 0 Å². The second-order valence-electron chi connectivity index (χ2n) is 2.45. The van der Waals surface area contributed by atoms with Crippen molar-refractivity contribution in [2.75, 3.05) is 0 Å². The lowest BCUT2D eigenvalue weighted by Gasteiger charge is -2.00. The quantitative estimate of drug-likeness (QED) is 0.738. The van der Waals surface area contributed by atoms with Crippen LogP contribution < -0.4 is 10.6 Å². The van der Waals surface area contributed by atoms with Crippen LogP contribution in [0.2, 0.25) is 0 Å². The van der Waals surface area contributed by atoms with Gasteiger partial charge in [-0.3, -0.25) is 4.79 Å². The number of nitrogens with one attached hydrogen (secondary N) is 1. The standard InChI is InChI=1S/C6H6F2N2O3S/c7-6(8)3-1-10-2-4(5(3)11)14(9,12)13/h1-2,6H,(H,10,11)(H2,9,12,13). The first-order valence-electron chi connectivity index (χ1n) is 3.36. The lowest BCUT2D eigenvalue weighted by Crippen LogP contribution is -2.24. The van der Waals surface area contributed by atoms with E-state index in [1.54, 1.807) is 0 Å². The SMILES string of the molecule is NS(=O)(=O)c1c[nH]cc(C(F)F)c1=O. The smallest absolute Gasteiger partial charge is 0.269 e. The van der Waals surface area contributed by atoms with Crippen molar-refractivity contribution < 1.29 is 17.2 Å².